The maximum atomic E-state index is 11.9. The van der Waals surface area contributed by atoms with Gasteiger partial charge in [0.2, 0.25) is 0 Å². The number of hydrogen-bond donors (Lipinski definition) is 1. The van der Waals surface area contributed by atoms with E-state index in [1.165, 1.54) is 0 Å². The second-order valence-corrected chi connectivity index (χ2v) is 4.85. The maximum Gasteiger partial charge on any atom is 0.259 e. The number of rotatable bonds is 4. The number of hydrogen-bond acceptors (Lipinski definition) is 4. The van der Waals surface area contributed by atoms with E-state index in [0.717, 1.165) is 12.8 Å². The Morgan fingerprint density at radius 2 is 2.00 bits per heavy atom. The van der Waals surface area contributed by atoms with E-state index in [9.17, 15) is 10.1 Å². The topological polar surface area (TPSA) is 85.9 Å². The van der Waals surface area contributed by atoms with Crippen LogP contribution < -0.4 is 10.1 Å². The Morgan fingerprint density at radius 1 is 1.30 bits per heavy atom. The summed E-state index contributed by atoms with van der Waals surface area (Å²) in [5.74, 6) is 0.0452. The first kappa shape index (κ1) is 13.9. The highest BCUT2D eigenvalue weighted by molar-refractivity contribution is 5.79. The fourth-order valence-electron chi connectivity index (χ4n) is 2.37. The molecule has 0 heterocycles. The quantitative estimate of drug-likeness (QED) is 0.904. The highest BCUT2D eigenvalue weighted by Gasteiger charge is 2.35. The normalized spacial score (nSPS) is 15.9. The minimum atomic E-state index is -0.741. The van der Waals surface area contributed by atoms with E-state index in [2.05, 4.69) is 11.4 Å². The molecule has 0 bridgehead atoms. The molecule has 1 N–H and O–H groups in total. The monoisotopic (exact) mass is 269 g/mol. The number of carbonyl (C=O) groups is 1. The lowest BCUT2D eigenvalue weighted by atomic mass is 10.00. The number of nitrogens with one attached hydrogen (secondary N) is 1. The zero-order valence-corrected chi connectivity index (χ0v) is 11.1. The lowest BCUT2D eigenvalue weighted by molar-refractivity contribution is -0.124. The number of carbonyl (C=O) groups excluding carboxylic acids is 1. The van der Waals surface area contributed by atoms with Crippen LogP contribution in [0.15, 0.2) is 24.3 Å². The fraction of sp³-hybridized carbons (Fsp3) is 0.400. The summed E-state index contributed by atoms with van der Waals surface area (Å²) in [6.45, 7) is -0.192. The van der Waals surface area contributed by atoms with Crippen LogP contribution in [0.4, 0.5) is 0 Å². The summed E-state index contributed by atoms with van der Waals surface area (Å²) < 4.78 is 5.35. The van der Waals surface area contributed by atoms with Crippen molar-refractivity contribution in [3.05, 3.63) is 29.8 Å². The molecule has 0 unspecified atom stereocenters. The van der Waals surface area contributed by atoms with Crippen molar-refractivity contribution < 1.29 is 9.53 Å². The molecule has 1 fully saturated rings. The molecule has 1 aromatic rings. The van der Waals surface area contributed by atoms with Gasteiger partial charge in [0.25, 0.3) is 5.91 Å². The van der Waals surface area contributed by atoms with Crippen LogP contribution in [-0.4, -0.2) is 18.1 Å². The van der Waals surface area contributed by atoms with E-state index in [4.69, 9.17) is 10.00 Å². The Kier molecular flexibility index (Phi) is 4.22. The summed E-state index contributed by atoms with van der Waals surface area (Å²) >= 11 is 0. The molecule has 1 saturated carbocycles. The van der Waals surface area contributed by atoms with Crippen LogP contribution in [0.25, 0.3) is 0 Å². The Balaban J connectivity index is 1.93. The molecule has 0 radical (unpaired) electrons. The molecule has 0 atom stereocenters. The summed E-state index contributed by atoms with van der Waals surface area (Å²) in [4.78, 5) is 11.9. The SMILES string of the molecule is N#Cc1ccccc1OCC(=O)NC1(C#N)CCCC1. The van der Waals surface area contributed by atoms with Gasteiger partial charge >= 0.3 is 0 Å². The molecular formula is C15H15N3O2. The number of nitrogens with zero attached hydrogens (tertiary/aromatic N) is 2. The van der Waals surface area contributed by atoms with Crippen LogP contribution >= 0.6 is 0 Å². The van der Waals surface area contributed by atoms with Crippen LogP contribution in [-0.2, 0) is 4.79 Å². The molecule has 5 heteroatoms. The molecule has 1 aliphatic rings. The van der Waals surface area contributed by atoms with E-state index in [1.54, 1.807) is 24.3 Å². The number of para-hydroxylation sites is 1. The first-order chi connectivity index (χ1) is 9.69. The largest absolute Gasteiger partial charge is 0.482 e. The minimum Gasteiger partial charge on any atom is -0.482 e. The Labute approximate surface area is 117 Å². The van der Waals surface area contributed by atoms with E-state index in [-0.39, 0.29) is 12.5 Å². The van der Waals surface area contributed by atoms with Gasteiger partial charge in [-0.25, -0.2) is 0 Å². The third kappa shape index (κ3) is 3.07. The van der Waals surface area contributed by atoms with Gasteiger partial charge in [0.1, 0.15) is 17.4 Å². The Bertz CT molecular complexity index is 578. The molecule has 0 aromatic heterocycles. The molecule has 102 valence electrons. The predicted molar refractivity (Wildman–Crippen MR) is 71.6 cm³/mol. The van der Waals surface area contributed by atoms with Crippen molar-refractivity contribution in [3.63, 3.8) is 0 Å². The second-order valence-electron chi connectivity index (χ2n) is 4.85. The van der Waals surface area contributed by atoms with Crippen molar-refractivity contribution in [2.24, 2.45) is 0 Å². The number of amides is 1. The average Bonchev–Trinajstić information content (AvgIpc) is 2.94. The van der Waals surface area contributed by atoms with Crippen molar-refractivity contribution in [2.45, 2.75) is 31.2 Å². The molecule has 1 amide bonds. The van der Waals surface area contributed by atoms with Crippen molar-refractivity contribution in [2.75, 3.05) is 6.61 Å². The first-order valence-corrected chi connectivity index (χ1v) is 6.53. The molecule has 5 nitrogen and oxygen atoms in total. The Morgan fingerprint density at radius 3 is 2.65 bits per heavy atom. The summed E-state index contributed by atoms with van der Waals surface area (Å²) in [5.41, 5.74) is -0.356. The summed E-state index contributed by atoms with van der Waals surface area (Å²) in [6, 6.07) is 10.9. The van der Waals surface area contributed by atoms with Crippen molar-refractivity contribution in [1.29, 1.82) is 10.5 Å². The molecular weight excluding hydrogens is 254 g/mol. The molecule has 0 saturated heterocycles. The van der Waals surface area contributed by atoms with E-state index >= 15 is 0 Å². The zero-order chi connectivity index (χ0) is 14.4. The maximum absolute atomic E-state index is 11.9. The van der Waals surface area contributed by atoms with Gasteiger partial charge in [-0.3, -0.25) is 4.79 Å². The summed E-state index contributed by atoms with van der Waals surface area (Å²) in [7, 11) is 0. The van der Waals surface area contributed by atoms with Gasteiger partial charge < -0.3 is 10.1 Å². The van der Waals surface area contributed by atoms with Gasteiger partial charge in [0.15, 0.2) is 6.61 Å². The van der Waals surface area contributed by atoms with Gasteiger partial charge in [-0.1, -0.05) is 12.1 Å². The highest BCUT2D eigenvalue weighted by Crippen LogP contribution is 2.28. The van der Waals surface area contributed by atoms with Crippen LogP contribution in [0.3, 0.4) is 0 Å². The lowest BCUT2D eigenvalue weighted by Crippen LogP contribution is -2.47. The number of ether oxygens (including phenoxy) is 1. The van der Waals surface area contributed by atoms with Gasteiger partial charge in [-0.15, -0.1) is 0 Å². The second kappa shape index (κ2) is 6.08. The van der Waals surface area contributed by atoms with Crippen LogP contribution in [0.2, 0.25) is 0 Å². The number of nitriles is 2. The molecule has 0 aliphatic heterocycles. The van der Waals surface area contributed by atoms with Crippen LogP contribution in [0, 0.1) is 22.7 Å². The van der Waals surface area contributed by atoms with Crippen LogP contribution in [0.5, 0.6) is 5.75 Å². The number of benzene rings is 1. The molecule has 2 rings (SSSR count). The van der Waals surface area contributed by atoms with Gasteiger partial charge in [0, 0.05) is 0 Å². The summed E-state index contributed by atoms with van der Waals surface area (Å²) in [6.07, 6.45) is 3.27. The highest BCUT2D eigenvalue weighted by atomic mass is 16.5. The first-order valence-electron chi connectivity index (χ1n) is 6.53. The van der Waals surface area contributed by atoms with E-state index in [1.807, 2.05) is 6.07 Å². The fourth-order valence-corrected chi connectivity index (χ4v) is 2.37. The molecule has 1 aromatic carbocycles. The predicted octanol–water partition coefficient (Wildman–Crippen LogP) is 1.89. The average molecular weight is 269 g/mol. The van der Waals surface area contributed by atoms with Gasteiger partial charge in [-0.05, 0) is 37.8 Å². The van der Waals surface area contributed by atoms with Crippen LogP contribution in [0.1, 0.15) is 31.2 Å². The lowest BCUT2D eigenvalue weighted by Gasteiger charge is -2.21. The Hall–Kier alpha value is -2.53. The van der Waals surface area contributed by atoms with Crippen molar-refractivity contribution >= 4 is 5.91 Å². The standard InChI is InChI=1S/C15H15N3O2/c16-9-12-5-1-2-6-13(12)20-10-14(19)18-15(11-17)7-3-4-8-15/h1-2,5-6H,3-4,7-8,10H2,(H,18,19). The smallest absolute Gasteiger partial charge is 0.259 e. The third-order valence-corrected chi connectivity index (χ3v) is 3.42. The van der Waals surface area contributed by atoms with Crippen molar-refractivity contribution in [1.82, 2.24) is 5.32 Å². The third-order valence-electron chi connectivity index (χ3n) is 3.42. The molecule has 1 aliphatic carbocycles. The van der Waals surface area contributed by atoms with Gasteiger partial charge in [-0.2, -0.15) is 10.5 Å². The van der Waals surface area contributed by atoms with E-state index < -0.39 is 5.54 Å². The zero-order valence-electron chi connectivity index (χ0n) is 11.1. The minimum absolute atomic E-state index is 0.192. The molecule has 20 heavy (non-hydrogen) atoms. The molecule has 0 spiro atoms. The van der Waals surface area contributed by atoms with E-state index in [0.29, 0.717) is 24.2 Å². The van der Waals surface area contributed by atoms with Crippen molar-refractivity contribution in [3.8, 4) is 17.9 Å². The van der Waals surface area contributed by atoms with Gasteiger partial charge in [0.05, 0.1) is 11.6 Å². The summed E-state index contributed by atoms with van der Waals surface area (Å²) in [5, 5.41) is 20.8.